The van der Waals surface area contributed by atoms with Crippen LogP contribution in [0.2, 0.25) is 0 Å². The zero-order valence-electron chi connectivity index (χ0n) is 16.2. The minimum atomic E-state index is -1.62. The van der Waals surface area contributed by atoms with E-state index in [0.29, 0.717) is 4.90 Å². The molecule has 170 valence electrons. The summed E-state index contributed by atoms with van der Waals surface area (Å²) in [5.41, 5.74) is -1.07. The van der Waals surface area contributed by atoms with E-state index in [9.17, 15) is 33.6 Å². The molecule has 1 fully saturated rings. The van der Waals surface area contributed by atoms with Crippen molar-refractivity contribution in [1.82, 2.24) is 15.0 Å². The molecule has 4 N–H and O–H groups in total. The summed E-state index contributed by atoms with van der Waals surface area (Å²) < 4.78 is 47.1. The predicted octanol–water partition coefficient (Wildman–Crippen LogP) is 1.84. The van der Waals surface area contributed by atoms with Gasteiger partial charge in [-0.05, 0) is 30.3 Å². The lowest BCUT2D eigenvalue weighted by Gasteiger charge is -2.41. The van der Waals surface area contributed by atoms with Crippen molar-refractivity contribution in [1.29, 1.82) is 0 Å². The number of hydrogen-bond acceptors (Lipinski definition) is 8. The fourth-order valence-corrected chi connectivity index (χ4v) is 4.54. The molecule has 12 heteroatoms. The molecule has 3 aromatic rings. The second-order valence-electron chi connectivity index (χ2n) is 7.15. The second-order valence-corrected chi connectivity index (χ2v) is 8.32. The van der Waals surface area contributed by atoms with Gasteiger partial charge in [0.15, 0.2) is 17.5 Å². The van der Waals surface area contributed by atoms with E-state index in [-0.39, 0.29) is 17.0 Å². The van der Waals surface area contributed by atoms with Crippen molar-refractivity contribution in [3.8, 4) is 17.0 Å². The largest absolute Gasteiger partial charge is 0.508 e. The van der Waals surface area contributed by atoms with Crippen LogP contribution >= 0.6 is 11.8 Å². The molecule has 0 radical (unpaired) electrons. The molecule has 5 atom stereocenters. The number of phenols is 1. The summed E-state index contributed by atoms with van der Waals surface area (Å²) in [4.78, 5) is 0.567. The summed E-state index contributed by atoms with van der Waals surface area (Å²) in [5.74, 6) is -4.41. The molecule has 1 aliphatic rings. The van der Waals surface area contributed by atoms with Crippen molar-refractivity contribution in [2.75, 3.05) is 6.61 Å². The van der Waals surface area contributed by atoms with Gasteiger partial charge in [0.25, 0.3) is 0 Å². The van der Waals surface area contributed by atoms with E-state index < -0.39 is 53.8 Å². The highest BCUT2D eigenvalue weighted by Gasteiger charge is 2.46. The fraction of sp³-hybridized carbons (Fsp3) is 0.300. The Morgan fingerprint density at radius 2 is 1.78 bits per heavy atom. The lowest BCUT2D eigenvalue weighted by molar-refractivity contribution is -0.178. The first-order valence-corrected chi connectivity index (χ1v) is 10.3. The van der Waals surface area contributed by atoms with Crippen molar-refractivity contribution in [3.63, 3.8) is 0 Å². The Morgan fingerprint density at radius 3 is 2.44 bits per heavy atom. The van der Waals surface area contributed by atoms with Crippen molar-refractivity contribution in [2.24, 2.45) is 0 Å². The van der Waals surface area contributed by atoms with Crippen molar-refractivity contribution in [3.05, 3.63) is 60.0 Å². The smallest absolute Gasteiger partial charge is 0.194 e. The highest BCUT2D eigenvalue weighted by molar-refractivity contribution is 7.99. The normalized spacial score (nSPS) is 25.8. The number of nitrogens with zero attached hydrogens (tertiary/aromatic N) is 3. The third-order valence-corrected chi connectivity index (χ3v) is 6.16. The number of benzene rings is 2. The van der Waals surface area contributed by atoms with Gasteiger partial charge in [0, 0.05) is 10.5 Å². The number of halogens is 3. The van der Waals surface area contributed by atoms with Crippen LogP contribution in [0.3, 0.4) is 0 Å². The predicted molar refractivity (Wildman–Crippen MR) is 106 cm³/mol. The molecule has 1 aliphatic heterocycles. The quantitative estimate of drug-likeness (QED) is 0.418. The number of aromatic hydroxyl groups is 1. The summed E-state index contributed by atoms with van der Waals surface area (Å²) in [5, 5.41) is 48.5. The highest BCUT2D eigenvalue weighted by Crippen LogP contribution is 2.38. The summed E-state index contributed by atoms with van der Waals surface area (Å²) >= 11 is 1.06. The molecule has 0 aliphatic carbocycles. The van der Waals surface area contributed by atoms with Crippen molar-refractivity contribution < 1.29 is 38.3 Å². The number of hydrogen-bond donors (Lipinski definition) is 4. The van der Waals surface area contributed by atoms with Crippen LogP contribution in [0.4, 0.5) is 13.2 Å². The minimum absolute atomic E-state index is 0.00951. The van der Waals surface area contributed by atoms with Gasteiger partial charge < -0.3 is 25.2 Å². The Hall–Kier alpha value is -2.64. The molecule has 1 aromatic heterocycles. The van der Waals surface area contributed by atoms with Gasteiger partial charge in [-0.1, -0.05) is 23.0 Å². The average Bonchev–Trinajstić information content (AvgIpc) is 3.23. The first-order chi connectivity index (χ1) is 15.3. The SMILES string of the molecule is OCC1O[C@H](Sc2cccc(O)c2)C(O)[C@@H](n2cc(-c3cc(F)c(F)c(F)c3)nn2)[C@H]1O. The second kappa shape index (κ2) is 9.08. The molecular weight excluding hydrogens is 451 g/mol. The van der Waals surface area contributed by atoms with Crippen molar-refractivity contribution >= 4 is 11.8 Å². The molecule has 2 unspecified atom stereocenters. The molecule has 0 amide bonds. The lowest BCUT2D eigenvalue weighted by atomic mass is 9.97. The number of aliphatic hydroxyl groups is 3. The Morgan fingerprint density at radius 1 is 1.06 bits per heavy atom. The van der Waals surface area contributed by atoms with E-state index in [1.807, 2.05) is 0 Å². The van der Waals surface area contributed by atoms with Crippen LogP contribution in [0.15, 0.2) is 47.5 Å². The topological polar surface area (TPSA) is 121 Å². The van der Waals surface area contributed by atoms with E-state index >= 15 is 0 Å². The maximum absolute atomic E-state index is 13.6. The van der Waals surface area contributed by atoms with Crippen LogP contribution in [-0.4, -0.2) is 65.8 Å². The van der Waals surface area contributed by atoms with Crippen LogP contribution < -0.4 is 0 Å². The van der Waals surface area contributed by atoms with Gasteiger partial charge in [-0.3, -0.25) is 0 Å². The molecule has 2 heterocycles. The summed E-state index contributed by atoms with van der Waals surface area (Å²) in [6.07, 6.45) is -2.59. The van der Waals surface area contributed by atoms with E-state index in [2.05, 4.69) is 10.3 Å². The number of rotatable bonds is 5. The maximum Gasteiger partial charge on any atom is 0.194 e. The Kier molecular flexibility index (Phi) is 6.40. The summed E-state index contributed by atoms with van der Waals surface area (Å²) in [6.45, 7) is -0.558. The fourth-order valence-electron chi connectivity index (χ4n) is 3.43. The zero-order valence-corrected chi connectivity index (χ0v) is 17.0. The first-order valence-electron chi connectivity index (χ1n) is 9.43. The van der Waals surface area contributed by atoms with E-state index in [1.165, 1.54) is 18.3 Å². The Balaban J connectivity index is 1.64. The summed E-state index contributed by atoms with van der Waals surface area (Å²) in [7, 11) is 0. The van der Waals surface area contributed by atoms with Gasteiger partial charge >= 0.3 is 0 Å². The number of aliphatic hydroxyl groups excluding tert-OH is 3. The Labute approximate surface area is 183 Å². The van der Waals surface area contributed by atoms with Crippen LogP contribution in [0, 0.1) is 17.5 Å². The molecule has 0 bridgehead atoms. The van der Waals surface area contributed by atoms with E-state index in [0.717, 1.165) is 28.6 Å². The van der Waals surface area contributed by atoms with Gasteiger partial charge in [-0.15, -0.1) is 5.10 Å². The van der Waals surface area contributed by atoms with Gasteiger partial charge in [0.05, 0.1) is 12.8 Å². The van der Waals surface area contributed by atoms with Crippen LogP contribution in [-0.2, 0) is 4.74 Å². The molecule has 4 rings (SSSR count). The van der Waals surface area contributed by atoms with E-state index in [1.54, 1.807) is 12.1 Å². The summed E-state index contributed by atoms with van der Waals surface area (Å²) in [6, 6.07) is 6.59. The van der Waals surface area contributed by atoms with Gasteiger partial charge in [0.2, 0.25) is 0 Å². The van der Waals surface area contributed by atoms with Crippen LogP contribution in [0.1, 0.15) is 6.04 Å². The van der Waals surface area contributed by atoms with Crippen LogP contribution in [0.25, 0.3) is 11.3 Å². The van der Waals surface area contributed by atoms with Crippen molar-refractivity contribution in [2.45, 2.75) is 34.7 Å². The lowest BCUT2D eigenvalue weighted by Crippen LogP contribution is -2.55. The number of thioether (sulfide) groups is 1. The molecular formula is C20H18F3N3O5S. The highest BCUT2D eigenvalue weighted by atomic mass is 32.2. The third kappa shape index (κ3) is 4.32. The molecule has 1 saturated heterocycles. The number of aromatic nitrogens is 3. The molecule has 2 aromatic carbocycles. The Bertz CT molecular complexity index is 1090. The molecule has 8 nitrogen and oxygen atoms in total. The van der Waals surface area contributed by atoms with E-state index in [4.69, 9.17) is 4.74 Å². The van der Waals surface area contributed by atoms with Gasteiger partial charge in [0.1, 0.15) is 41.2 Å². The van der Waals surface area contributed by atoms with Crippen LogP contribution in [0.5, 0.6) is 5.75 Å². The standard InChI is InChI=1S/C20H18F3N3O5S/c21-12-4-9(5-13(22)16(12)23)14-7-26(25-24-14)17-18(29)15(8-27)31-20(19(17)30)32-11-3-1-2-10(28)6-11/h1-7,15,17-20,27-30H,8H2/t15?,17-,18-,19?,20+/m0/s1. The van der Waals surface area contributed by atoms with Gasteiger partial charge in [-0.25, -0.2) is 17.9 Å². The monoisotopic (exact) mass is 469 g/mol. The molecule has 0 spiro atoms. The zero-order chi connectivity index (χ0) is 23.0. The first kappa shape index (κ1) is 22.6. The van der Waals surface area contributed by atoms with Gasteiger partial charge in [-0.2, -0.15) is 0 Å². The number of ether oxygens (including phenoxy) is 1. The average molecular weight is 469 g/mol. The number of phenolic OH excluding ortho intramolecular Hbond substituents is 1. The third-order valence-electron chi connectivity index (χ3n) is 5.01. The maximum atomic E-state index is 13.6. The molecule has 32 heavy (non-hydrogen) atoms. The molecule has 0 saturated carbocycles. The minimum Gasteiger partial charge on any atom is -0.508 e.